The number of nitrogens with zero attached hydrogens (tertiary/aromatic N) is 1. The third-order valence-electron chi connectivity index (χ3n) is 3.09. The summed E-state index contributed by atoms with van der Waals surface area (Å²) >= 11 is 0. The van der Waals surface area contributed by atoms with Crippen molar-refractivity contribution >= 4 is 17.5 Å². The van der Waals surface area contributed by atoms with Gasteiger partial charge in [-0.2, -0.15) is 0 Å². The van der Waals surface area contributed by atoms with Crippen LogP contribution in [0.25, 0.3) is 0 Å². The van der Waals surface area contributed by atoms with Crippen molar-refractivity contribution in [1.82, 2.24) is 4.90 Å². The monoisotopic (exact) mass is 307 g/mol. The molecule has 0 saturated heterocycles. The summed E-state index contributed by atoms with van der Waals surface area (Å²) in [6.45, 7) is 3.71. The maximum absolute atomic E-state index is 11.9. The van der Waals surface area contributed by atoms with Gasteiger partial charge >= 0.3 is 0 Å². The number of amides is 2. The summed E-state index contributed by atoms with van der Waals surface area (Å²) in [5, 5.41) is 2.80. The Morgan fingerprint density at radius 3 is 2.64 bits per heavy atom. The Labute approximate surface area is 131 Å². The summed E-state index contributed by atoms with van der Waals surface area (Å²) in [6.07, 6.45) is 0.967. The van der Waals surface area contributed by atoms with Crippen LogP contribution >= 0.6 is 0 Å². The predicted molar refractivity (Wildman–Crippen MR) is 86.9 cm³/mol. The first-order valence-corrected chi connectivity index (χ1v) is 7.28. The summed E-state index contributed by atoms with van der Waals surface area (Å²) < 4.78 is 5.54. The number of hydrogen-bond acceptors (Lipinski definition) is 4. The Balaban J connectivity index is 2.73. The molecule has 1 aromatic rings. The lowest BCUT2D eigenvalue weighted by Gasteiger charge is -2.15. The molecule has 122 valence electrons. The summed E-state index contributed by atoms with van der Waals surface area (Å²) in [4.78, 5) is 25.0. The molecule has 2 amide bonds. The van der Waals surface area contributed by atoms with Crippen molar-refractivity contribution in [3.05, 3.63) is 23.8 Å². The molecule has 1 atom stereocenters. The van der Waals surface area contributed by atoms with Crippen molar-refractivity contribution in [1.29, 1.82) is 0 Å². The van der Waals surface area contributed by atoms with E-state index in [2.05, 4.69) is 5.32 Å². The van der Waals surface area contributed by atoms with Gasteiger partial charge in [0.1, 0.15) is 5.75 Å². The maximum Gasteiger partial charge on any atom is 0.259 e. The zero-order valence-corrected chi connectivity index (χ0v) is 13.7. The van der Waals surface area contributed by atoms with E-state index in [0.717, 1.165) is 5.56 Å². The highest BCUT2D eigenvalue weighted by molar-refractivity contribution is 5.92. The smallest absolute Gasteiger partial charge is 0.259 e. The van der Waals surface area contributed by atoms with Crippen LogP contribution in [-0.4, -0.2) is 43.5 Å². The molecule has 0 saturated carbocycles. The van der Waals surface area contributed by atoms with E-state index in [-0.39, 0.29) is 24.5 Å². The summed E-state index contributed by atoms with van der Waals surface area (Å²) in [7, 11) is 3.33. The van der Waals surface area contributed by atoms with E-state index in [0.29, 0.717) is 24.3 Å². The van der Waals surface area contributed by atoms with Crippen LogP contribution in [0.3, 0.4) is 0 Å². The standard InChI is InChI=1S/C16H25N3O3/c1-11-5-7-13(18-15(20)8-6-12(2)17)14(9-11)22-10-16(21)19(3)4/h5,7,9,12H,6,8,10,17H2,1-4H3,(H,18,20). The van der Waals surface area contributed by atoms with Crippen molar-refractivity contribution in [2.45, 2.75) is 32.7 Å². The highest BCUT2D eigenvalue weighted by Crippen LogP contribution is 2.26. The highest BCUT2D eigenvalue weighted by Gasteiger charge is 2.11. The molecule has 6 heteroatoms. The van der Waals surface area contributed by atoms with E-state index in [1.165, 1.54) is 4.90 Å². The summed E-state index contributed by atoms with van der Waals surface area (Å²) in [5.41, 5.74) is 7.20. The Morgan fingerprint density at radius 2 is 2.05 bits per heavy atom. The molecular formula is C16H25N3O3. The lowest BCUT2D eigenvalue weighted by molar-refractivity contribution is -0.130. The third-order valence-corrected chi connectivity index (χ3v) is 3.09. The van der Waals surface area contributed by atoms with Gasteiger partial charge in [-0.05, 0) is 38.0 Å². The summed E-state index contributed by atoms with van der Waals surface area (Å²) in [5.74, 6) is 0.227. The number of likely N-dealkylation sites (N-methyl/N-ethyl adjacent to an activating group) is 1. The fourth-order valence-electron chi connectivity index (χ4n) is 1.69. The fraction of sp³-hybridized carbons (Fsp3) is 0.500. The molecule has 0 aromatic heterocycles. The van der Waals surface area contributed by atoms with E-state index in [1.54, 1.807) is 26.2 Å². The van der Waals surface area contributed by atoms with Crippen LogP contribution in [0.15, 0.2) is 18.2 Å². The number of anilines is 1. The quantitative estimate of drug-likeness (QED) is 0.800. The molecule has 1 aromatic carbocycles. The molecule has 3 N–H and O–H groups in total. The van der Waals surface area contributed by atoms with Crippen LogP contribution in [0.2, 0.25) is 0 Å². The number of hydrogen-bond donors (Lipinski definition) is 2. The number of ether oxygens (including phenoxy) is 1. The Morgan fingerprint density at radius 1 is 1.36 bits per heavy atom. The molecular weight excluding hydrogens is 282 g/mol. The molecule has 0 radical (unpaired) electrons. The van der Waals surface area contributed by atoms with Gasteiger partial charge in [0.15, 0.2) is 6.61 Å². The van der Waals surface area contributed by atoms with E-state index in [9.17, 15) is 9.59 Å². The van der Waals surface area contributed by atoms with Gasteiger partial charge in [-0.3, -0.25) is 9.59 Å². The Kier molecular flexibility index (Phi) is 6.85. The molecule has 0 aliphatic heterocycles. The number of carbonyl (C=O) groups is 2. The van der Waals surface area contributed by atoms with Gasteiger partial charge in [0, 0.05) is 26.6 Å². The highest BCUT2D eigenvalue weighted by atomic mass is 16.5. The second-order valence-corrected chi connectivity index (χ2v) is 5.64. The van der Waals surface area contributed by atoms with Crippen LogP contribution in [-0.2, 0) is 9.59 Å². The number of carbonyl (C=O) groups excluding carboxylic acids is 2. The van der Waals surface area contributed by atoms with Crippen LogP contribution in [0.1, 0.15) is 25.3 Å². The van der Waals surface area contributed by atoms with Crippen molar-refractivity contribution in [3.63, 3.8) is 0 Å². The van der Waals surface area contributed by atoms with E-state index in [1.807, 2.05) is 19.9 Å². The topological polar surface area (TPSA) is 84.7 Å². The first-order valence-electron chi connectivity index (χ1n) is 7.28. The van der Waals surface area contributed by atoms with Gasteiger partial charge in [-0.15, -0.1) is 0 Å². The van der Waals surface area contributed by atoms with Crippen molar-refractivity contribution in [3.8, 4) is 5.75 Å². The molecule has 0 heterocycles. The average molecular weight is 307 g/mol. The van der Waals surface area contributed by atoms with Crippen molar-refractivity contribution < 1.29 is 14.3 Å². The minimum atomic E-state index is -0.143. The Bertz CT molecular complexity index is 527. The molecule has 6 nitrogen and oxygen atoms in total. The largest absolute Gasteiger partial charge is 0.482 e. The molecule has 0 fully saturated rings. The Hall–Kier alpha value is -2.08. The van der Waals surface area contributed by atoms with Gasteiger partial charge in [0.05, 0.1) is 5.69 Å². The summed E-state index contributed by atoms with van der Waals surface area (Å²) in [6, 6.07) is 5.43. The first-order chi connectivity index (χ1) is 10.3. The van der Waals surface area contributed by atoms with Crippen LogP contribution < -0.4 is 15.8 Å². The zero-order chi connectivity index (χ0) is 16.7. The van der Waals surface area contributed by atoms with Gasteiger partial charge in [0.2, 0.25) is 5.91 Å². The second kappa shape index (κ2) is 8.38. The normalized spacial score (nSPS) is 11.7. The number of rotatable bonds is 7. The zero-order valence-electron chi connectivity index (χ0n) is 13.7. The SMILES string of the molecule is Cc1ccc(NC(=O)CCC(C)N)c(OCC(=O)N(C)C)c1. The maximum atomic E-state index is 11.9. The lowest BCUT2D eigenvalue weighted by atomic mass is 10.1. The molecule has 1 rings (SSSR count). The minimum Gasteiger partial charge on any atom is -0.482 e. The van der Waals surface area contributed by atoms with E-state index in [4.69, 9.17) is 10.5 Å². The minimum absolute atomic E-state index is 0.0165. The number of benzene rings is 1. The van der Waals surface area contributed by atoms with Gasteiger partial charge in [-0.1, -0.05) is 6.07 Å². The van der Waals surface area contributed by atoms with Crippen molar-refractivity contribution in [2.75, 3.05) is 26.0 Å². The predicted octanol–water partition coefficient (Wildman–Crippen LogP) is 1.53. The third kappa shape index (κ3) is 6.13. The van der Waals surface area contributed by atoms with Crippen LogP contribution in [0, 0.1) is 6.92 Å². The lowest BCUT2D eigenvalue weighted by Crippen LogP contribution is -2.27. The second-order valence-electron chi connectivity index (χ2n) is 5.64. The van der Waals surface area contributed by atoms with Gasteiger partial charge < -0.3 is 20.7 Å². The molecule has 0 aliphatic rings. The van der Waals surface area contributed by atoms with Crippen LogP contribution in [0.5, 0.6) is 5.75 Å². The molecule has 0 spiro atoms. The number of nitrogens with one attached hydrogen (secondary N) is 1. The average Bonchev–Trinajstić information content (AvgIpc) is 2.44. The molecule has 0 aliphatic carbocycles. The van der Waals surface area contributed by atoms with Crippen molar-refractivity contribution in [2.24, 2.45) is 5.73 Å². The molecule has 22 heavy (non-hydrogen) atoms. The van der Waals surface area contributed by atoms with Crippen LogP contribution in [0.4, 0.5) is 5.69 Å². The van der Waals surface area contributed by atoms with Gasteiger partial charge in [0.25, 0.3) is 5.91 Å². The fourth-order valence-corrected chi connectivity index (χ4v) is 1.69. The first kappa shape index (κ1) is 18.0. The number of aryl methyl sites for hydroxylation is 1. The van der Waals surface area contributed by atoms with E-state index >= 15 is 0 Å². The molecule has 1 unspecified atom stereocenters. The number of nitrogens with two attached hydrogens (primary N) is 1. The van der Waals surface area contributed by atoms with E-state index < -0.39 is 0 Å². The molecule has 0 bridgehead atoms. The van der Waals surface area contributed by atoms with Gasteiger partial charge in [-0.25, -0.2) is 0 Å².